The van der Waals surface area contributed by atoms with Gasteiger partial charge in [-0.15, -0.1) is 0 Å². The molecule has 0 aliphatic heterocycles. The van der Waals surface area contributed by atoms with Crippen molar-refractivity contribution in [2.45, 2.75) is 64.8 Å². The van der Waals surface area contributed by atoms with Gasteiger partial charge in [-0.3, -0.25) is 4.79 Å². The molecule has 0 aliphatic carbocycles. The van der Waals surface area contributed by atoms with E-state index >= 15 is 0 Å². The van der Waals surface area contributed by atoms with Crippen molar-refractivity contribution in [2.75, 3.05) is 6.54 Å². The number of carbonyl (C=O) groups is 1. The third-order valence-electron chi connectivity index (χ3n) is 2.89. The molecule has 17 heavy (non-hydrogen) atoms. The van der Waals surface area contributed by atoms with E-state index < -0.39 is 5.54 Å². The number of carbonyl (C=O) groups excluding carboxylic acids is 1. The van der Waals surface area contributed by atoms with Crippen molar-refractivity contribution in [1.82, 2.24) is 5.32 Å². The first-order chi connectivity index (χ1) is 8.04. The lowest BCUT2D eigenvalue weighted by atomic mass is 9.99. The van der Waals surface area contributed by atoms with Crippen LogP contribution < -0.4 is 5.32 Å². The van der Waals surface area contributed by atoms with Gasteiger partial charge in [0.25, 0.3) is 5.78 Å². The van der Waals surface area contributed by atoms with Gasteiger partial charge in [0, 0.05) is 0 Å². The number of nitrogens with zero attached hydrogens (tertiary/aromatic N) is 2. The molecule has 0 radical (unpaired) electrons. The van der Waals surface area contributed by atoms with Crippen LogP contribution in [-0.2, 0) is 4.79 Å². The van der Waals surface area contributed by atoms with Crippen LogP contribution >= 0.6 is 0 Å². The van der Waals surface area contributed by atoms with E-state index in [4.69, 9.17) is 5.53 Å². The summed E-state index contributed by atoms with van der Waals surface area (Å²) < 4.78 is 0. The monoisotopic (exact) mass is 239 g/mol. The first-order valence-electron chi connectivity index (χ1n) is 6.51. The number of Topliss-reactive ketones (excluding diaryl/α,β-unsaturated/α-hetero) is 1. The van der Waals surface area contributed by atoms with Crippen LogP contribution in [0.4, 0.5) is 0 Å². The van der Waals surface area contributed by atoms with Crippen molar-refractivity contribution in [1.29, 1.82) is 0 Å². The molecule has 0 rings (SSSR count). The topological polar surface area (TPSA) is 65.5 Å². The molecular formula is C13H25N3O. The maximum Gasteiger partial charge on any atom is 0.325 e. The minimum absolute atomic E-state index is 0.203. The molecule has 0 heterocycles. The third kappa shape index (κ3) is 7.83. The molecule has 0 fully saturated rings. The first-order valence-corrected chi connectivity index (χ1v) is 6.51. The molecule has 0 bridgehead atoms. The van der Waals surface area contributed by atoms with Crippen LogP contribution in [0, 0.1) is 0 Å². The molecule has 0 amide bonds. The van der Waals surface area contributed by atoms with E-state index in [-0.39, 0.29) is 5.78 Å². The Kier molecular flexibility index (Phi) is 8.55. The fourth-order valence-corrected chi connectivity index (χ4v) is 1.61. The fraction of sp³-hybridized carbons (Fsp3) is 0.846. The molecule has 4 nitrogen and oxygen atoms in total. The van der Waals surface area contributed by atoms with Gasteiger partial charge in [0.05, 0.1) is 5.54 Å². The molecule has 0 aromatic carbocycles. The molecule has 0 spiro atoms. The van der Waals surface area contributed by atoms with Crippen LogP contribution in [0.5, 0.6) is 0 Å². The van der Waals surface area contributed by atoms with E-state index in [1.54, 1.807) is 13.8 Å². The van der Waals surface area contributed by atoms with Crippen LogP contribution in [-0.4, -0.2) is 28.9 Å². The van der Waals surface area contributed by atoms with Crippen LogP contribution in [0.25, 0.3) is 5.53 Å². The average Bonchev–Trinajstić information content (AvgIpc) is 2.28. The van der Waals surface area contributed by atoms with Gasteiger partial charge in [-0.05, 0) is 26.8 Å². The lowest BCUT2D eigenvalue weighted by Gasteiger charge is -2.21. The van der Waals surface area contributed by atoms with E-state index in [2.05, 4.69) is 17.0 Å². The SMILES string of the molecule is CCCCCCCCNC(C)(C)C(=O)C=[N+]=[N-]. The summed E-state index contributed by atoms with van der Waals surface area (Å²) >= 11 is 0. The Morgan fingerprint density at radius 1 is 1.24 bits per heavy atom. The molecular weight excluding hydrogens is 214 g/mol. The summed E-state index contributed by atoms with van der Waals surface area (Å²) in [5, 5.41) is 3.18. The summed E-state index contributed by atoms with van der Waals surface area (Å²) in [4.78, 5) is 14.3. The Morgan fingerprint density at radius 3 is 2.41 bits per heavy atom. The summed E-state index contributed by atoms with van der Waals surface area (Å²) in [7, 11) is 0. The molecule has 0 saturated carbocycles. The predicted octanol–water partition coefficient (Wildman–Crippen LogP) is 2.58. The summed E-state index contributed by atoms with van der Waals surface area (Å²) in [5.74, 6) is -0.203. The second kappa shape index (κ2) is 9.08. The van der Waals surface area contributed by atoms with Gasteiger partial charge in [0.15, 0.2) is 0 Å². The highest BCUT2D eigenvalue weighted by atomic mass is 16.1. The summed E-state index contributed by atoms with van der Waals surface area (Å²) in [5.41, 5.74) is 7.67. The van der Waals surface area contributed by atoms with Gasteiger partial charge < -0.3 is 10.8 Å². The maximum atomic E-state index is 11.5. The van der Waals surface area contributed by atoms with Crippen LogP contribution in [0.3, 0.4) is 0 Å². The molecule has 4 heteroatoms. The highest BCUT2D eigenvalue weighted by Gasteiger charge is 2.27. The lowest BCUT2D eigenvalue weighted by molar-refractivity contribution is -0.120. The second-order valence-electron chi connectivity index (χ2n) is 4.93. The van der Waals surface area contributed by atoms with Crippen molar-refractivity contribution in [3.05, 3.63) is 5.53 Å². The third-order valence-corrected chi connectivity index (χ3v) is 2.89. The maximum absolute atomic E-state index is 11.5. The molecule has 0 saturated heterocycles. The van der Waals surface area contributed by atoms with Gasteiger partial charge >= 0.3 is 6.21 Å². The predicted molar refractivity (Wildman–Crippen MR) is 70.1 cm³/mol. The van der Waals surface area contributed by atoms with Crippen molar-refractivity contribution < 1.29 is 9.58 Å². The lowest BCUT2D eigenvalue weighted by Crippen LogP contribution is -2.47. The number of nitrogens with one attached hydrogen (secondary N) is 1. The molecule has 0 unspecified atom stereocenters. The Morgan fingerprint density at radius 2 is 1.82 bits per heavy atom. The highest BCUT2D eigenvalue weighted by molar-refractivity contribution is 6.29. The van der Waals surface area contributed by atoms with Gasteiger partial charge in [-0.2, -0.15) is 4.79 Å². The van der Waals surface area contributed by atoms with E-state index in [1.807, 2.05) is 0 Å². The normalized spacial score (nSPS) is 11.0. The standard InChI is InChI=1S/C13H25N3O/c1-4-5-6-7-8-9-10-15-13(2,3)12(17)11-16-14/h11,15H,4-10H2,1-3H3. The Labute approximate surface area is 104 Å². The summed E-state index contributed by atoms with van der Waals surface area (Å²) in [6.07, 6.45) is 8.37. The van der Waals surface area contributed by atoms with E-state index in [9.17, 15) is 4.79 Å². The number of ketones is 1. The Balaban J connectivity index is 3.65. The zero-order chi connectivity index (χ0) is 13.1. The van der Waals surface area contributed by atoms with Crippen LogP contribution in [0.1, 0.15) is 59.3 Å². The van der Waals surface area contributed by atoms with Crippen molar-refractivity contribution >= 4 is 12.0 Å². The first kappa shape index (κ1) is 16.0. The fourth-order valence-electron chi connectivity index (χ4n) is 1.61. The Hall–Kier alpha value is -0.990. The van der Waals surface area contributed by atoms with Crippen molar-refractivity contribution in [2.24, 2.45) is 0 Å². The van der Waals surface area contributed by atoms with E-state index in [0.29, 0.717) is 0 Å². The molecule has 0 atom stereocenters. The average molecular weight is 239 g/mol. The second-order valence-corrected chi connectivity index (χ2v) is 4.93. The molecule has 0 aliphatic rings. The minimum Gasteiger partial charge on any atom is -0.361 e. The van der Waals surface area contributed by atoms with Crippen molar-refractivity contribution in [3.8, 4) is 0 Å². The largest absolute Gasteiger partial charge is 0.361 e. The summed E-state index contributed by atoms with van der Waals surface area (Å²) in [6.45, 7) is 6.63. The van der Waals surface area contributed by atoms with Gasteiger partial charge in [-0.1, -0.05) is 39.0 Å². The van der Waals surface area contributed by atoms with Crippen LogP contribution in [0.2, 0.25) is 0 Å². The van der Waals surface area contributed by atoms with Gasteiger partial charge in [-0.25, -0.2) is 0 Å². The zero-order valence-corrected chi connectivity index (χ0v) is 11.3. The van der Waals surface area contributed by atoms with Crippen molar-refractivity contribution in [3.63, 3.8) is 0 Å². The molecule has 0 aromatic heterocycles. The highest BCUT2D eigenvalue weighted by Crippen LogP contribution is 2.06. The van der Waals surface area contributed by atoms with Gasteiger partial charge in [0.1, 0.15) is 0 Å². The molecule has 0 aromatic rings. The van der Waals surface area contributed by atoms with Gasteiger partial charge in [0.2, 0.25) is 0 Å². The summed E-state index contributed by atoms with van der Waals surface area (Å²) in [6, 6.07) is 0. The van der Waals surface area contributed by atoms with Crippen LogP contribution in [0.15, 0.2) is 0 Å². The quantitative estimate of drug-likeness (QED) is 0.275. The molecule has 98 valence electrons. The number of hydrogen-bond acceptors (Lipinski definition) is 2. The number of hydrogen-bond donors (Lipinski definition) is 1. The smallest absolute Gasteiger partial charge is 0.325 e. The molecule has 1 N–H and O–H groups in total. The van der Waals surface area contributed by atoms with E-state index in [0.717, 1.165) is 19.2 Å². The Bertz CT molecular complexity index is 268. The number of rotatable bonds is 10. The minimum atomic E-state index is -0.643. The van der Waals surface area contributed by atoms with E-state index in [1.165, 1.54) is 32.1 Å². The zero-order valence-electron chi connectivity index (χ0n) is 11.3. The number of unbranched alkanes of at least 4 members (excludes halogenated alkanes) is 5.